The lowest BCUT2D eigenvalue weighted by Crippen LogP contribution is -2.52. The highest BCUT2D eigenvalue weighted by atomic mass is 127. The average molecular weight is 1690 g/mol. The number of nitrogens with zero attached hydrogens (tertiary/aromatic N) is 1. The third-order valence-electron chi connectivity index (χ3n) is 17.6. The van der Waals surface area contributed by atoms with Crippen molar-refractivity contribution in [2.45, 2.75) is 166 Å². The Hall–Kier alpha value is -8.75. The molecule has 4 rings (SSSR count). The smallest absolute Gasteiger partial charge is 0.328 e. The van der Waals surface area contributed by atoms with Crippen LogP contribution in [0.15, 0.2) is 72.8 Å². The molecule has 0 bridgehead atoms. The van der Waals surface area contributed by atoms with Gasteiger partial charge in [-0.25, -0.2) is 4.79 Å². The summed E-state index contributed by atoms with van der Waals surface area (Å²) in [4.78, 5) is 175. The number of carbonyl (C=O) groups excluding carboxylic acids is 9. The molecule has 4 unspecified atom stereocenters. The number of hydrogen-bond acceptors (Lipinski definition) is 20. The minimum Gasteiger partial charge on any atom is -0.481 e. The molecule has 3 aromatic carbocycles. The Morgan fingerprint density at radius 1 is 0.486 bits per heavy atom. The first kappa shape index (κ1) is 94.6. The van der Waals surface area contributed by atoms with Gasteiger partial charge in [0.05, 0.1) is 103 Å². The lowest BCUT2D eigenvalue weighted by Gasteiger charge is -2.26. The van der Waals surface area contributed by atoms with Crippen LogP contribution in [0.2, 0.25) is 0 Å². The summed E-state index contributed by atoms with van der Waals surface area (Å²) in [5, 5.41) is 53.9. The number of anilines is 1. The van der Waals surface area contributed by atoms with Gasteiger partial charge < -0.3 is 90.3 Å². The van der Waals surface area contributed by atoms with Crippen molar-refractivity contribution in [3.8, 4) is 11.8 Å². The van der Waals surface area contributed by atoms with Crippen molar-refractivity contribution in [2.24, 2.45) is 17.8 Å². The van der Waals surface area contributed by atoms with Gasteiger partial charge >= 0.3 is 37.4 Å². The first-order chi connectivity index (χ1) is 53.2. The maximum absolute atomic E-state index is 13.9. The Balaban J connectivity index is 1.12. The quantitative estimate of drug-likeness (QED) is 0.0101. The van der Waals surface area contributed by atoms with Crippen LogP contribution in [-0.2, 0) is 108 Å². The number of carbonyl (C=O) groups is 13. The molecule has 0 fully saturated rings. The fourth-order valence-corrected chi connectivity index (χ4v) is 13.3. The molecular formula is C77H107IN7O25P. The topological polar surface area (TPSA) is 471 Å². The molecule has 1 aliphatic rings. The summed E-state index contributed by atoms with van der Waals surface area (Å²) in [7, 11) is -3.32. The van der Waals surface area contributed by atoms with E-state index in [-0.39, 0.29) is 173 Å². The zero-order valence-electron chi connectivity index (χ0n) is 62.9. The van der Waals surface area contributed by atoms with Crippen LogP contribution in [0.1, 0.15) is 164 Å². The number of ether oxygens (including phenoxy) is 5. The van der Waals surface area contributed by atoms with E-state index < -0.39 is 123 Å². The van der Waals surface area contributed by atoms with Crippen LogP contribution in [0, 0.1) is 33.2 Å². The normalized spacial score (nSPS) is 13.4. The molecule has 0 saturated carbocycles. The second-order valence-corrected chi connectivity index (χ2v) is 29.6. The van der Waals surface area contributed by atoms with Gasteiger partial charge in [0.2, 0.25) is 41.4 Å². The van der Waals surface area contributed by atoms with Crippen LogP contribution in [-0.4, -0.2) is 213 Å². The number of carboxylic acid groups (broad SMARTS) is 4. The Labute approximate surface area is 660 Å². The molecule has 1 heterocycles. The minimum absolute atomic E-state index is 0.00461. The number of fused-ring (bicyclic) bond motifs is 2. The Morgan fingerprint density at radius 3 is 1.72 bits per heavy atom. The number of halogens is 1. The lowest BCUT2D eigenvalue weighted by atomic mass is 9.95. The van der Waals surface area contributed by atoms with Gasteiger partial charge in [0.25, 0.3) is 0 Å². The van der Waals surface area contributed by atoms with Crippen LogP contribution >= 0.6 is 30.2 Å². The number of unbranched alkanes of at least 4 members (excludes halogenated alkanes) is 3. The van der Waals surface area contributed by atoms with Crippen LogP contribution in [0.5, 0.6) is 0 Å². The maximum atomic E-state index is 13.9. The first-order valence-electron chi connectivity index (χ1n) is 37.4. The molecule has 7 amide bonds. The van der Waals surface area contributed by atoms with E-state index in [9.17, 15) is 87.1 Å². The van der Waals surface area contributed by atoms with E-state index in [1.807, 2.05) is 72.8 Å². The molecule has 3 aromatic rings. The number of amides is 7. The summed E-state index contributed by atoms with van der Waals surface area (Å²) < 4.78 is 45.8. The lowest BCUT2D eigenvalue weighted by molar-refractivity contribution is -0.146. The standard InChI is InChI=1S/C77H107IN7O25P/c1-105-77(102)64(21-8-10-38-79-66(87)23-11-14-54-24-29-61(78)30-25-54)84-73(95)63(83-69(90)36-42-106-44-46-108-48-49-109-47-45-107-43-40-82-68(89)33-34-71(92)85-52-59-17-5-4-15-55(59)26-27-56-16-6-7-22-65(56)85)31-32-67(88)80-37-9-2-3-20-62(86)50-57(74(96)97)18-12-39-81-70(91)51-58(75(98)99)19-13-41-110-111(103,104)53-60(76(100)101)28-35-72(93)94/h4-7,15-17,22,24-25,29-30,57-58,60,63-64H,2-3,8-14,18-21,23,28,31-53H2,1H3,(H,79,87)(H,80,88)(H,81,91)(H,82,89)(H,83,90)(H,84,95)(H,93,94)(H,96,97)(H,98,99)(H,100,101)(H,103,104)/t57-,58-,60?,63?,64?/m1/s1. The van der Waals surface area contributed by atoms with Crippen LogP contribution < -0.4 is 36.8 Å². The van der Waals surface area contributed by atoms with Gasteiger partial charge in [0, 0.05) is 98.7 Å². The van der Waals surface area contributed by atoms with Gasteiger partial charge in [-0.15, -0.1) is 0 Å². The predicted molar refractivity (Wildman–Crippen MR) is 412 cm³/mol. The molecule has 0 saturated heterocycles. The van der Waals surface area contributed by atoms with Crippen molar-refractivity contribution in [2.75, 3.05) is 104 Å². The fraction of sp³-hybridized carbons (Fsp3) is 0.571. The molecule has 1 aliphatic heterocycles. The number of rotatable bonds is 61. The van der Waals surface area contributed by atoms with E-state index in [0.29, 0.717) is 63.7 Å². The molecular weight excluding hydrogens is 1580 g/mol. The van der Waals surface area contributed by atoms with E-state index in [1.165, 1.54) is 7.11 Å². The highest BCUT2D eigenvalue weighted by molar-refractivity contribution is 14.1. The summed E-state index contributed by atoms with van der Waals surface area (Å²) in [6.07, 6.45) is 0.907. The SMILES string of the molecule is COC(=O)C(CCCCNC(=O)CCCc1ccc(I)cc1)NC(=O)C(CCC(=O)NCCCCCC(=O)C[C@@H](CCCNC(=O)C[C@@H](CCCOP(=O)(O)CC(CCC(=O)O)C(=O)O)C(=O)O)C(=O)O)NC(=O)CCOCCOCCOCCOCCNC(=O)CCC(=O)N1Cc2ccccc2C#Cc2ccccc21. The van der Waals surface area contributed by atoms with Crippen LogP contribution in [0.3, 0.4) is 0 Å². The largest absolute Gasteiger partial charge is 0.481 e. The number of benzene rings is 3. The number of Topliss-reactive ketones (excluding diaryl/α,β-unsaturated/α-hetero) is 1. The highest BCUT2D eigenvalue weighted by Crippen LogP contribution is 2.45. The molecule has 111 heavy (non-hydrogen) atoms. The van der Waals surface area contributed by atoms with Crippen molar-refractivity contribution >= 4 is 113 Å². The van der Waals surface area contributed by atoms with E-state index in [1.54, 1.807) is 4.90 Å². The van der Waals surface area contributed by atoms with E-state index in [0.717, 1.165) is 32.2 Å². The number of nitrogens with one attached hydrogen (secondary N) is 6. The minimum atomic E-state index is -4.49. The van der Waals surface area contributed by atoms with E-state index in [2.05, 4.69) is 66.3 Å². The van der Waals surface area contributed by atoms with Gasteiger partial charge in [-0.2, -0.15) is 0 Å². The van der Waals surface area contributed by atoms with Gasteiger partial charge in [-0.3, -0.25) is 62.1 Å². The third kappa shape index (κ3) is 41.9. The molecule has 0 aromatic heterocycles. The average Bonchev–Trinajstić information content (AvgIpc) is 0.803. The zero-order valence-corrected chi connectivity index (χ0v) is 65.9. The Morgan fingerprint density at radius 2 is 1.05 bits per heavy atom. The number of ketones is 1. The first-order valence-corrected chi connectivity index (χ1v) is 40.2. The van der Waals surface area contributed by atoms with Gasteiger partial charge in [-0.05, 0) is 148 Å². The molecule has 0 spiro atoms. The number of methoxy groups -OCH3 is 1. The van der Waals surface area contributed by atoms with Gasteiger partial charge in [0.15, 0.2) is 0 Å². The molecule has 0 aliphatic carbocycles. The van der Waals surface area contributed by atoms with Gasteiger partial charge in [0.1, 0.15) is 17.9 Å². The number of aryl methyl sites for hydroxylation is 1. The van der Waals surface area contributed by atoms with E-state index >= 15 is 0 Å². The summed E-state index contributed by atoms with van der Waals surface area (Å²) in [6.45, 7) is 2.14. The molecule has 0 radical (unpaired) electrons. The third-order valence-corrected chi connectivity index (χ3v) is 19.9. The Kier molecular flexibility index (Phi) is 46.7. The van der Waals surface area contributed by atoms with Crippen molar-refractivity contribution in [3.63, 3.8) is 0 Å². The second-order valence-electron chi connectivity index (χ2n) is 26.5. The number of esters is 1. The molecule has 32 nitrogen and oxygen atoms in total. The molecule has 612 valence electrons. The number of hydrogen-bond donors (Lipinski definition) is 11. The summed E-state index contributed by atoms with van der Waals surface area (Å²) in [6, 6.07) is 20.8. The number of aliphatic carboxylic acids is 4. The van der Waals surface area contributed by atoms with Crippen molar-refractivity contribution in [1.82, 2.24) is 31.9 Å². The summed E-state index contributed by atoms with van der Waals surface area (Å²) in [5.41, 5.74) is 4.33. The second kappa shape index (κ2) is 54.8. The molecule has 6 atom stereocenters. The monoisotopic (exact) mass is 1690 g/mol. The molecule has 34 heteroatoms. The van der Waals surface area contributed by atoms with Gasteiger partial charge in [-0.1, -0.05) is 60.7 Å². The number of carboxylic acids is 4. The van der Waals surface area contributed by atoms with Crippen molar-refractivity contribution in [3.05, 3.63) is 98.6 Å². The predicted octanol–water partition coefficient (Wildman–Crippen LogP) is 5.99. The molecule has 11 N–H and O–H groups in total. The Bertz CT molecular complexity index is 3610. The summed E-state index contributed by atoms with van der Waals surface area (Å²) >= 11 is 2.23. The van der Waals surface area contributed by atoms with Crippen molar-refractivity contribution < 1.29 is 120 Å². The van der Waals surface area contributed by atoms with Crippen LogP contribution in [0.25, 0.3) is 0 Å². The maximum Gasteiger partial charge on any atom is 0.328 e. The number of para-hydroxylation sites is 1. The van der Waals surface area contributed by atoms with Crippen LogP contribution in [0.4, 0.5) is 5.69 Å². The van der Waals surface area contributed by atoms with Crippen molar-refractivity contribution in [1.29, 1.82) is 0 Å². The summed E-state index contributed by atoms with van der Waals surface area (Å²) in [5.74, 6) is -6.82. The van der Waals surface area contributed by atoms with E-state index in [4.69, 9.17) is 33.3 Å². The fourth-order valence-electron chi connectivity index (χ4n) is 11.5. The highest BCUT2D eigenvalue weighted by Gasteiger charge is 2.32. The zero-order chi connectivity index (χ0) is 81.2.